The van der Waals surface area contributed by atoms with E-state index in [4.69, 9.17) is 0 Å². The van der Waals surface area contributed by atoms with Crippen LogP contribution in [0.3, 0.4) is 0 Å². The Morgan fingerprint density at radius 2 is 2.09 bits per heavy atom. The van der Waals surface area contributed by atoms with Gasteiger partial charge in [0.05, 0.1) is 0 Å². The quantitative estimate of drug-likeness (QED) is 0.657. The molecule has 1 heteroatoms. The molecule has 1 aliphatic heterocycles. The molecule has 0 aromatic rings. The summed E-state index contributed by atoms with van der Waals surface area (Å²) in [6.45, 7) is 7.16. The van der Waals surface area contributed by atoms with E-state index in [9.17, 15) is 0 Å². The summed E-state index contributed by atoms with van der Waals surface area (Å²) in [6.07, 6.45) is 5.61. The Kier molecular flexibility index (Phi) is 3.92. The van der Waals surface area contributed by atoms with Crippen molar-refractivity contribution >= 4 is 0 Å². The number of hydrogen-bond acceptors (Lipinski definition) is 1. The summed E-state index contributed by atoms with van der Waals surface area (Å²) in [7, 11) is 0. The van der Waals surface area contributed by atoms with Crippen LogP contribution in [0.5, 0.6) is 0 Å². The van der Waals surface area contributed by atoms with Gasteiger partial charge in [0.25, 0.3) is 0 Å². The highest BCUT2D eigenvalue weighted by Gasteiger charge is 2.17. The van der Waals surface area contributed by atoms with Crippen LogP contribution in [0, 0.1) is 11.8 Å². The second kappa shape index (κ2) is 4.76. The largest absolute Gasteiger partial charge is 0.316 e. The van der Waals surface area contributed by atoms with Crippen LogP contribution in [-0.2, 0) is 0 Å². The van der Waals surface area contributed by atoms with E-state index in [0.717, 1.165) is 11.8 Å². The van der Waals surface area contributed by atoms with Gasteiger partial charge in [0.1, 0.15) is 0 Å². The maximum absolute atomic E-state index is 3.43. The molecule has 0 aromatic carbocycles. The third-order valence-electron chi connectivity index (χ3n) is 2.98. The molecule has 1 atom stereocenters. The van der Waals surface area contributed by atoms with E-state index < -0.39 is 0 Å². The van der Waals surface area contributed by atoms with Gasteiger partial charge >= 0.3 is 0 Å². The van der Waals surface area contributed by atoms with Crippen LogP contribution in [0.2, 0.25) is 0 Å². The van der Waals surface area contributed by atoms with E-state index in [1.165, 1.54) is 38.8 Å². The fourth-order valence-electron chi connectivity index (χ4n) is 2.01. The lowest BCUT2D eigenvalue weighted by Gasteiger charge is -2.16. The lowest BCUT2D eigenvalue weighted by atomic mass is 9.90. The lowest BCUT2D eigenvalue weighted by Crippen LogP contribution is -2.12. The van der Waals surface area contributed by atoms with E-state index in [1.807, 2.05) is 0 Å². The maximum Gasteiger partial charge on any atom is -0.00199 e. The zero-order chi connectivity index (χ0) is 8.10. The van der Waals surface area contributed by atoms with Crippen molar-refractivity contribution in [2.45, 2.75) is 39.5 Å². The minimum absolute atomic E-state index is 0.986. The predicted octanol–water partition coefficient (Wildman–Crippen LogP) is 2.42. The molecule has 0 radical (unpaired) electrons. The molecular weight excluding hydrogens is 134 g/mol. The van der Waals surface area contributed by atoms with E-state index >= 15 is 0 Å². The van der Waals surface area contributed by atoms with E-state index in [0.29, 0.717) is 0 Å². The van der Waals surface area contributed by atoms with Crippen LogP contribution in [-0.4, -0.2) is 13.1 Å². The van der Waals surface area contributed by atoms with Crippen LogP contribution < -0.4 is 5.32 Å². The van der Waals surface area contributed by atoms with Gasteiger partial charge in [-0.15, -0.1) is 0 Å². The molecule has 0 spiro atoms. The van der Waals surface area contributed by atoms with Crippen LogP contribution in [0.15, 0.2) is 0 Å². The van der Waals surface area contributed by atoms with Gasteiger partial charge in [-0.25, -0.2) is 0 Å². The van der Waals surface area contributed by atoms with Crippen molar-refractivity contribution in [2.24, 2.45) is 11.8 Å². The van der Waals surface area contributed by atoms with Gasteiger partial charge in [0.2, 0.25) is 0 Å². The summed E-state index contributed by atoms with van der Waals surface area (Å²) in [5.74, 6) is 1.97. The summed E-state index contributed by atoms with van der Waals surface area (Å²) in [5.41, 5.74) is 0. The van der Waals surface area contributed by atoms with Gasteiger partial charge in [-0.3, -0.25) is 0 Å². The van der Waals surface area contributed by atoms with Gasteiger partial charge in [0, 0.05) is 0 Å². The van der Waals surface area contributed by atoms with Crippen LogP contribution >= 0.6 is 0 Å². The zero-order valence-electron chi connectivity index (χ0n) is 7.90. The highest BCUT2D eigenvalue weighted by Crippen LogP contribution is 2.22. The minimum atomic E-state index is 0.986. The third-order valence-corrected chi connectivity index (χ3v) is 2.98. The van der Waals surface area contributed by atoms with Crippen molar-refractivity contribution in [3.63, 3.8) is 0 Å². The monoisotopic (exact) mass is 155 g/mol. The topological polar surface area (TPSA) is 12.0 Å². The first-order valence-corrected chi connectivity index (χ1v) is 5.07. The lowest BCUT2D eigenvalue weighted by molar-refractivity contribution is 0.370. The number of hydrogen-bond donors (Lipinski definition) is 1. The molecule has 0 amide bonds. The van der Waals surface area contributed by atoms with Crippen molar-refractivity contribution in [1.29, 1.82) is 0 Å². The fourth-order valence-corrected chi connectivity index (χ4v) is 2.01. The molecule has 0 bridgehead atoms. The summed E-state index contributed by atoms with van der Waals surface area (Å²) >= 11 is 0. The summed E-state index contributed by atoms with van der Waals surface area (Å²) in [4.78, 5) is 0. The van der Waals surface area contributed by atoms with Gasteiger partial charge in [-0.2, -0.15) is 0 Å². The Bertz CT molecular complexity index is 91.0. The molecule has 0 aromatic heterocycles. The predicted molar refractivity (Wildman–Crippen MR) is 49.7 cm³/mol. The smallest absolute Gasteiger partial charge is 0.00199 e. The first-order chi connectivity index (χ1) is 5.36. The summed E-state index contributed by atoms with van der Waals surface area (Å²) < 4.78 is 0. The normalized spacial score (nSPS) is 24.8. The van der Waals surface area contributed by atoms with E-state index in [1.54, 1.807) is 0 Å². The van der Waals surface area contributed by atoms with Crippen molar-refractivity contribution in [2.75, 3.05) is 13.1 Å². The molecule has 1 N–H and O–H groups in total. The van der Waals surface area contributed by atoms with Crippen LogP contribution in [0.1, 0.15) is 39.5 Å². The van der Waals surface area contributed by atoms with Crippen LogP contribution in [0.25, 0.3) is 0 Å². The fraction of sp³-hybridized carbons (Fsp3) is 1.00. The molecular formula is C10H21N. The molecule has 11 heavy (non-hydrogen) atoms. The average molecular weight is 155 g/mol. The summed E-state index contributed by atoms with van der Waals surface area (Å²) in [5, 5.41) is 3.43. The second-order valence-electron chi connectivity index (χ2n) is 3.78. The highest BCUT2D eigenvalue weighted by molar-refractivity contribution is 4.73. The Balaban J connectivity index is 2.16. The molecule has 1 rings (SSSR count). The maximum atomic E-state index is 3.43. The second-order valence-corrected chi connectivity index (χ2v) is 3.78. The van der Waals surface area contributed by atoms with Crippen molar-refractivity contribution < 1.29 is 0 Å². The molecule has 66 valence electrons. The summed E-state index contributed by atoms with van der Waals surface area (Å²) in [6, 6.07) is 0. The van der Waals surface area contributed by atoms with Gasteiger partial charge in [-0.05, 0) is 37.8 Å². The van der Waals surface area contributed by atoms with Crippen LogP contribution in [0.4, 0.5) is 0 Å². The minimum Gasteiger partial charge on any atom is -0.316 e. The number of nitrogens with one attached hydrogen (secondary N) is 1. The first kappa shape index (κ1) is 9.05. The van der Waals surface area contributed by atoms with Gasteiger partial charge in [0.15, 0.2) is 0 Å². The molecule has 1 fully saturated rings. The molecule has 1 heterocycles. The van der Waals surface area contributed by atoms with Gasteiger partial charge in [-0.1, -0.05) is 26.7 Å². The van der Waals surface area contributed by atoms with Crippen molar-refractivity contribution in [3.05, 3.63) is 0 Å². The first-order valence-electron chi connectivity index (χ1n) is 5.07. The molecule has 0 aliphatic carbocycles. The molecule has 1 saturated heterocycles. The standard InChI is InChI=1S/C10H21N/c1-3-9(4-2)7-10-5-6-11-8-10/h9-11H,3-8H2,1-2H3/t10-/m1/s1. The molecule has 0 unspecified atom stereocenters. The van der Waals surface area contributed by atoms with Gasteiger partial charge < -0.3 is 5.32 Å². The Labute approximate surface area is 70.6 Å². The zero-order valence-corrected chi connectivity index (χ0v) is 7.90. The Hall–Kier alpha value is -0.0400. The third kappa shape index (κ3) is 2.82. The highest BCUT2D eigenvalue weighted by atomic mass is 14.9. The SMILES string of the molecule is CCC(CC)C[C@H]1CCNC1. The van der Waals surface area contributed by atoms with E-state index in [2.05, 4.69) is 19.2 Å². The van der Waals surface area contributed by atoms with Crippen molar-refractivity contribution in [3.8, 4) is 0 Å². The Morgan fingerprint density at radius 1 is 1.36 bits per heavy atom. The molecule has 1 aliphatic rings. The molecule has 1 nitrogen and oxygen atoms in total. The Morgan fingerprint density at radius 3 is 2.55 bits per heavy atom. The number of rotatable bonds is 4. The average Bonchev–Trinajstić information content (AvgIpc) is 2.52. The van der Waals surface area contributed by atoms with E-state index in [-0.39, 0.29) is 0 Å². The van der Waals surface area contributed by atoms with Crippen molar-refractivity contribution in [1.82, 2.24) is 5.32 Å². The molecule has 0 saturated carbocycles.